The standard InChI is InChI=1S/C30H28N2O4/c1-19-29-22(17-32(18-35-29)13-12-20-8-10-23(34-3)11-9-20)14-25-28(33)27(36-30(19)25)15-21-16-31(2)26-7-5-4-6-24(21)26/h4-11,14-16H,12-13,17-18H2,1-3H3/b27-15-. The number of fused-ring (bicyclic) bond motifs is 3. The number of methoxy groups -OCH3 is 1. The molecule has 182 valence electrons. The van der Waals surface area contributed by atoms with Gasteiger partial charge >= 0.3 is 0 Å². The van der Waals surface area contributed by atoms with Crippen LogP contribution < -0.4 is 14.2 Å². The number of hydrogen-bond donors (Lipinski definition) is 0. The predicted octanol–water partition coefficient (Wildman–Crippen LogP) is 5.51. The van der Waals surface area contributed by atoms with Crippen molar-refractivity contribution >= 4 is 22.8 Å². The van der Waals surface area contributed by atoms with Gasteiger partial charge < -0.3 is 18.8 Å². The van der Waals surface area contributed by atoms with Crippen molar-refractivity contribution in [2.75, 3.05) is 20.4 Å². The van der Waals surface area contributed by atoms with Gasteiger partial charge in [-0.25, -0.2) is 0 Å². The second-order valence-corrected chi connectivity index (χ2v) is 9.44. The molecule has 0 saturated carbocycles. The van der Waals surface area contributed by atoms with Crippen LogP contribution in [0.3, 0.4) is 0 Å². The van der Waals surface area contributed by atoms with E-state index in [0.717, 1.165) is 58.6 Å². The zero-order valence-electron chi connectivity index (χ0n) is 20.7. The number of rotatable bonds is 5. The fraction of sp³-hybridized carbons (Fsp3) is 0.233. The highest BCUT2D eigenvalue weighted by molar-refractivity contribution is 6.15. The van der Waals surface area contributed by atoms with Crippen molar-refractivity contribution in [1.29, 1.82) is 0 Å². The van der Waals surface area contributed by atoms with E-state index in [4.69, 9.17) is 14.2 Å². The van der Waals surface area contributed by atoms with E-state index in [1.165, 1.54) is 5.56 Å². The summed E-state index contributed by atoms with van der Waals surface area (Å²) in [5, 5.41) is 1.09. The monoisotopic (exact) mass is 480 g/mol. The van der Waals surface area contributed by atoms with Gasteiger partial charge in [0.25, 0.3) is 0 Å². The van der Waals surface area contributed by atoms with Crippen LogP contribution in [0.1, 0.15) is 32.6 Å². The van der Waals surface area contributed by atoms with Crippen LogP contribution in [0.15, 0.2) is 66.6 Å². The van der Waals surface area contributed by atoms with Gasteiger partial charge in [-0.3, -0.25) is 9.69 Å². The fourth-order valence-electron chi connectivity index (χ4n) is 5.15. The Bertz CT molecular complexity index is 1510. The van der Waals surface area contributed by atoms with Crippen molar-refractivity contribution in [1.82, 2.24) is 9.47 Å². The molecule has 0 unspecified atom stereocenters. The minimum atomic E-state index is -0.0841. The largest absolute Gasteiger partial charge is 0.497 e. The number of ketones is 1. The first-order chi connectivity index (χ1) is 17.5. The SMILES string of the molecule is COc1ccc(CCN2COc3c(cc4c(c3C)O/C(=C\c3cn(C)c5ccccc35)C4=O)C2)cc1. The molecule has 0 saturated heterocycles. The molecule has 4 aromatic rings. The number of para-hydroxylation sites is 1. The lowest BCUT2D eigenvalue weighted by Gasteiger charge is -2.30. The van der Waals surface area contributed by atoms with Crippen molar-refractivity contribution in [3.05, 3.63) is 94.4 Å². The third kappa shape index (κ3) is 3.84. The molecule has 2 aliphatic rings. The predicted molar refractivity (Wildman–Crippen MR) is 140 cm³/mol. The van der Waals surface area contributed by atoms with Gasteiger partial charge in [-0.05, 0) is 49.2 Å². The number of ether oxygens (including phenoxy) is 3. The fourth-order valence-corrected chi connectivity index (χ4v) is 5.15. The summed E-state index contributed by atoms with van der Waals surface area (Å²) in [4.78, 5) is 15.6. The molecule has 1 aromatic heterocycles. The minimum Gasteiger partial charge on any atom is -0.497 e. The van der Waals surface area contributed by atoms with Crippen LogP contribution in [-0.4, -0.2) is 35.6 Å². The summed E-state index contributed by atoms with van der Waals surface area (Å²) in [5.41, 5.74) is 5.84. The molecule has 2 aliphatic heterocycles. The quantitative estimate of drug-likeness (QED) is 0.353. The number of allylic oxidation sites excluding steroid dienone is 1. The van der Waals surface area contributed by atoms with Crippen LogP contribution in [0.5, 0.6) is 17.2 Å². The summed E-state index contributed by atoms with van der Waals surface area (Å²) in [6.45, 7) is 4.07. The van der Waals surface area contributed by atoms with E-state index in [9.17, 15) is 4.79 Å². The van der Waals surface area contributed by atoms with Gasteiger partial charge in [0.15, 0.2) is 5.76 Å². The third-order valence-electron chi connectivity index (χ3n) is 7.09. The summed E-state index contributed by atoms with van der Waals surface area (Å²) in [7, 11) is 3.68. The second-order valence-electron chi connectivity index (χ2n) is 9.44. The zero-order valence-corrected chi connectivity index (χ0v) is 20.7. The third-order valence-corrected chi connectivity index (χ3v) is 7.09. The number of carbonyl (C=O) groups excluding carboxylic acids is 1. The summed E-state index contributed by atoms with van der Waals surface area (Å²) < 4.78 is 19.6. The Balaban J connectivity index is 1.23. The number of nitrogens with zero attached hydrogens (tertiary/aromatic N) is 2. The lowest BCUT2D eigenvalue weighted by molar-refractivity contribution is 0.0954. The van der Waals surface area contributed by atoms with Crippen molar-refractivity contribution in [3.8, 4) is 17.2 Å². The van der Waals surface area contributed by atoms with Gasteiger partial charge in [-0.1, -0.05) is 30.3 Å². The molecule has 0 amide bonds. The van der Waals surface area contributed by atoms with Crippen molar-refractivity contribution in [2.24, 2.45) is 7.05 Å². The Labute approximate surface area is 210 Å². The van der Waals surface area contributed by atoms with Crippen LogP contribution in [0, 0.1) is 6.92 Å². The molecule has 36 heavy (non-hydrogen) atoms. The topological polar surface area (TPSA) is 52.9 Å². The molecular weight excluding hydrogens is 452 g/mol. The van der Waals surface area contributed by atoms with E-state index < -0.39 is 0 Å². The summed E-state index contributed by atoms with van der Waals surface area (Å²) in [5.74, 6) is 2.56. The molecule has 3 aromatic carbocycles. The van der Waals surface area contributed by atoms with Gasteiger partial charge in [-0.2, -0.15) is 0 Å². The normalized spacial score (nSPS) is 16.1. The van der Waals surface area contributed by atoms with Crippen molar-refractivity contribution in [3.63, 3.8) is 0 Å². The maximum atomic E-state index is 13.4. The van der Waals surface area contributed by atoms with Gasteiger partial charge in [0, 0.05) is 53.9 Å². The molecule has 0 bridgehead atoms. The average molecular weight is 481 g/mol. The molecule has 0 atom stereocenters. The van der Waals surface area contributed by atoms with E-state index in [0.29, 0.717) is 23.8 Å². The molecule has 0 N–H and O–H groups in total. The maximum absolute atomic E-state index is 13.4. The average Bonchev–Trinajstić information content (AvgIpc) is 3.39. The van der Waals surface area contributed by atoms with E-state index in [-0.39, 0.29) is 5.78 Å². The highest BCUT2D eigenvalue weighted by Crippen LogP contribution is 2.43. The lowest BCUT2D eigenvalue weighted by atomic mass is 9.99. The van der Waals surface area contributed by atoms with Crippen LogP contribution >= 0.6 is 0 Å². The van der Waals surface area contributed by atoms with Gasteiger partial charge in [-0.15, -0.1) is 0 Å². The number of carbonyl (C=O) groups is 1. The highest BCUT2D eigenvalue weighted by Gasteiger charge is 2.33. The van der Waals surface area contributed by atoms with Crippen molar-refractivity contribution < 1.29 is 19.0 Å². The van der Waals surface area contributed by atoms with E-state index in [2.05, 4.69) is 33.7 Å². The van der Waals surface area contributed by atoms with Crippen LogP contribution in [0.4, 0.5) is 0 Å². The Morgan fingerprint density at radius 3 is 2.69 bits per heavy atom. The first-order valence-corrected chi connectivity index (χ1v) is 12.1. The molecule has 0 spiro atoms. The molecule has 0 fully saturated rings. The maximum Gasteiger partial charge on any atom is 0.231 e. The molecule has 0 radical (unpaired) electrons. The first kappa shape index (κ1) is 22.4. The molecule has 6 nitrogen and oxygen atoms in total. The lowest BCUT2D eigenvalue weighted by Crippen LogP contribution is -2.34. The summed E-state index contributed by atoms with van der Waals surface area (Å²) in [6.07, 6.45) is 4.79. The van der Waals surface area contributed by atoms with Gasteiger partial charge in [0.05, 0.1) is 12.7 Å². The van der Waals surface area contributed by atoms with Gasteiger partial charge in [0.1, 0.15) is 24.0 Å². The van der Waals surface area contributed by atoms with E-state index in [1.807, 2.05) is 56.6 Å². The number of benzene rings is 3. The van der Waals surface area contributed by atoms with Crippen LogP contribution in [0.2, 0.25) is 0 Å². The second kappa shape index (κ2) is 8.88. The number of aromatic nitrogens is 1. The number of aryl methyl sites for hydroxylation is 1. The smallest absolute Gasteiger partial charge is 0.231 e. The Morgan fingerprint density at radius 2 is 1.89 bits per heavy atom. The van der Waals surface area contributed by atoms with Crippen LogP contribution in [0.25, 0.3) is 17.0 Å². The Hall–Kier alpha value is -4.03. The number of Topliss-reactive ketones (excluding diaryl/α,β-unsaturated/α-hetero) is 1. The number of hydrogen-bond acceptors (Lipinski definition) is 5. The Kier molecular flexibility index (Phi) is 5.53. The minimum absolute atomic E-state index is 0.0841. The molecular formula is C30H28N2O4. The molecule has 6 heteroatoms. The Morgan fingerprint density at radius 1 is 1.08 bits per heavy atom. The van der Waals surface area contributed by atoms with E-state index >= 15 is 0 Å². The van der Waals surface area contributed by atoms with Crippen LogP contribution in [-0.2, 0) is 20.0 Å². The molecule has 0 aliphatic carbocycles. The zero-order chi connectivity index (χ0) is 24.8. The first-order valence-electron chi connectivity index (χ1n) is 12.1. The highest BCUT2D eigenvalue weighted by atomic mass is 16.5. The van der Waals surface area contributed by atoms with E-state index in [1.54, 1.807) is 7.11 Å². The molecule has 6 rings (SSSR count). The van der Waals surface area contributed by atoms with Crippen molar-refractivity contribution in [2.45, 2.75) is 19.9 Å². The summed E-state index contributed by atoms with van der Waals surface area (Å²) in [6, 6.07) is 18.3. The molecule has 3 heterocycles. The van der Waals surface area contributed by atoms with Gasteiger partial charge in [0.2, 0.25) is 5.78 Å². The summed E-state index contributed by atoms with van der Waals surface area (Å²) >= 11 is 0.